The van der Waals surface area contributed by atoms with Crippen LogP contribution in [0, 0.1) is 0 Å². The number of fused-ring (bicyclic) bond motifs is 1. The Morgan fingerprint density at radius 2 is 2.00 bits per heavy atom. The summed E-state index contributed by atoms with van der Waals surface area (Å²) in [7, 11) is 0. The highest BCUT2D eigenvalue weighted by Crippen LogP contribution is 2.30. The zero-order chi connectivity index (χ0) is 17.2. The van der Waals surface area contributed by atoms with Crippen LogP contribution in [0.2, 0.25) is 0 Å². The Bertz CT molecular complexity index is 945. The van der Waals surface area contributed by atoms with Gasteiger partial charge in [-0.2, -0.15) is 0 Å². The summed E-state index contributed by atoms with van der Waals surface area (Å²) >= 11 is 0. The Balaban J connectivity index is 1.62. The molecule has 1 aliphatic heterocycles. The number of hydrogen-bond acceptors (Lipinski definition) is 4. The minimum absolute atomic E-state index is 0.0147. The molecule has 0 spiro atoms. The minimum Gasteiger partial charge on any atom is -0.408 e. The Kier molecular flexibility index (Phi) is 4.09. The second-order valence-corrected chi connectivity index (χ2v) is 6.28. The molecular weight excluding hydrogens is 318 g/mol. The second kappa shape index (κ2) is 6.55. The van der Waals surface area contributed by atoms with E-state index in [4.69, 9.17) is 4.42 Å². The molecule has 6 heteroatoms. The number of rotatable bonds is 3. The van der Waals surface area contributed by atoms with Gasteiger partial charge in [-0.1, -0.05) is 18.2 Å². The van der Waals surface area contributed by atoms with E-state index >= 15 is 0 Å². The maximum atomic E-state index is 12.9. The summed E-state index contributed by atoms with van der Waals surface area (Å²) in [4.78, 5) is 31.3. The highest BCUT2D eigenvalue weighted by molar-refractivity contribution is 5.80. The average molecular weight is 337 g/mol. The first kappa shape index (κ1) is 15.6. The number of nitrogens with zero attached hydrogens (tertiary/aromatic N) is 3. The monoisotopic (exact) mass is 337 g/mol. The van der Waals surface area contributed by atoms with Crippen molar-refractivity contribution in [3.63, 3.8) is 0 Å². The van der Waals surface area contributed by atoms with E-state index in [9.17, 15) is 9.59 Å². The van der Waals surface area contributed by atoms with E-state index in [2.05, 4.69) is 4.98 Å². The van der Waals surface area contributed by atoms with Crippen LogP contribution >= 0.6 is 0 Å². The third kappa shape index (κ3) is 2.95. The molecule has 2 aromatic heterocycles. The summed E-state index contributed by atoms with van der Waals surface area (Å²) in [5, 5.41) is 0. The smallest absolute Gasteiger partial charge is 0.408 e. The number of carbonyl (C=O) groups excluding carboxylic acids is 1. The lowest BCUT2D eigenvalue weighted by atomic mass is 9.98. The minimum atomic E-state index is -0.499. The van der Waals surface area contributed by atoms with Crippen molar-refractivity contribution in [3.8, 4) is 0 Å². The van der Waals surface area contributed by atoms with Crippen LogP contribution in [-0.2, 0) is 11.3 Å². The van der Waals surface area contributed by atoms with Gasteiger partial charge in [-0.25, -0.2) is 4.79 Å². The first-order chi connectivity index (χ1) is 12.2. The van der Waals surface area contributed by atoms with Crippen LogP contribution in [0.25, 0.3) is 11.1 Å². The molecule has 1 atom stereocenters. The molecule has 1 amide bonds. The molecule has 0 bridgehead atoms. The van der Waals surface area contributed by atoms with E-state index in [1.807, 2.05) is 29.2 Å². The highest BCUT2D eigenvalue weighted by atomic mass is 16.4. The number of oxazole rings is 1. The Morgan fingerprint density at radius 3 is 2.84 bits per heavy atom. The fourth-order valence-corrected chi connectivity index (χ4v) is 3.50. The summed E-state index contributed by atoms with van der Waals surface area (Å²) in [6.07, 6.45) is 4.68. The fraction of sp³-hybridized carbons (Fsp3) is 0.316. The molecule has 25 heavy (non-hydrogen) atoms. The molecule has 0 radical (unpaired) electrons. The van der Waals surface area contributed by atoms with Gasteiger partial charge >= 0.3 is 5.76 Å². The molecule has 128 valence electrons. The molecule has 1 aromatic carbocycles. The molecule has 1 fully saturated rings. The van der Waals surface area contributed by atoms with Gasteiger partial charge in [0.15, 0.2) is 5.58 Å². The summed E-state index contributed by atoms with van der Waals surface area (Å²) in [6, 6.07) is 12.9. The van der Waals surface area contributed by atoms with E-state index in [1.165, 1.54) is 4.57 Å². The van der Waals surface area contributed by atoms with Crippen molar-refractivity contribution in [2.24, 2.45) is 0 Å². The van der Waals surface area contributed by atoms with E-state index in [-0.39, 0.29) is 18.5 Å². The number of benzene rings is 1. The van der Waals surface area contributed by atoms with Crippen LogP contribution in [0.4, 0.5) is 0 Å². The number of amides is 1. The lowest BCUT2D eigenvalue weighted by Gasteiger charge is -2.35. The van der Waals surface area contributed by atoms with Crippen molar-refractivity contribution in [1.82, 2.24) is 14.5 Å². The molecule has 0 unspecified atom stereocenters. The van der Waals surface area contributed by atoms with Gasteiger partial charge in [0.25, 0.3) is 0 Å². The molecule has 0 saturated carbocycles. The zero-order valence-corrected chi connectivity index (χ0v) is 13.8. The largest absolute Gasteiger partial charge is 0.420 e. The van der Waals surface area contributed by atoms with Crippen LogP contribution in [0.15, 0.2) is 57.9 Å². The van der Waals surface area contributed by atoms with Crippen molar-refractivity contribution in [2.75, 3.05) is 6.54 Å². The average Bonchev–Trinajstić information content (AvgIpc) is 2.98. The summed E-state index contributed by atoms with van der Waals surface area (Å²) in [6.45, 7) is 0.670. The first-order valence-electron chi connectivity index (χ1n) is 8.53. The maximum absolute atomic E-state index is 12.9. The van der Waals surface area contributed by atoms with Crippen molar-refractivity contribution in [3.05, 3.63) is 64.9 Å². The molecule has 4 rings (SSSR count). The van der Waals surface area contributed by atoms with Crippen LogP contribution < -0.4 is 5.76 Å². The summed E-state index contributed by atoms with van der Waals surface area (Å²) in [5.74, 6) is -0.579. The summed E-state index contributed by atoms with van der Waals surface area (Å²) < 4.78 is 6.63. The molecule has 3 heterocycles. The fourth-order valence-electron chi connectivity index (χ4n) is 3.50. The third-order valence-electron chi connectivity index (χ3n) is 4.72. The Labute approximate surface area is 144 Å². The Morgan fingerprint density at radius 1 is 1.16 bits per heavy atom. The number of pyridine rings is 1. The van der Waals surface area contributed by atoms with Gasteiger partial charge in [0, 0.05) is 12.7 Å². The molecule has 1 saturated heterocycles. The van der Waals surface area contributed by atoms with Gasteiger partial charge in [0.1, 0.15) is 6.54 Å². The molecule has 0 aliphatic carbocycles. The molecule has 6 nitrogen and oxygen atoms in total. The van der Waals surface area contributed by atoms with Gasteiger partial charge in [-0.05, 0) is 43.5 Å². The normalized spacial score (nSPS) is 17.8. The maximum Gasteiger partial charge on any atom is 0.420 e. The van der Waals surface area contributed by atoms with Gasteiger partial charge in [0.2, 0.25) is 5.91 Å². The highest BCUT2D eigenvalue weighted by Gasteiger charge is 2.29. The van der Waals surface area contributed by atoms with Gasteiger partial charge in [-0.15, -0.1) is 0 Å². The van der Waals surface area contributed by atoms with Crippen LogP contribution in [0.5, 0.6) is 0 Å². The van der Waals surface area contributed by atoms with Gasteiger partial charge in [-0.3, -0.25) is 14.3 Å². The van der Waals surface area contributed by atoms with E-state index in [1.54, 1.807) is 24.4 Å². The Hall–Kier alpha value is -2.89. The van der Waals surface area contributed by atoms with Crippen molar-refractivity contribution in [2.45, 2.75) is 31.8 Å². The SMILES string of the molecule is O=C(Cn1c(=O)oc2ccccc21)N1CCCC[C@@H]1c1ccccn1. The van der Waals surface area contributed by atoms with Crippen molar-refractivity contribution < 1.29 is 9.21 Å². The van der Waals surface area contributed by atoms with E-state index in [0.29, 0.717) is 17.6 Å². The number of aromatic nitrogens is 2. The lowest BCUT2D eigenvalue weighted by molar-refractivity contribution is -0.135. The van der Waals surface area contributed by atoms with Crippen LogP contribution in [0.1, 0.15) is 31.0 Å². The molecule has 1 aliphatic rings. The van der Waals surface area contributed by atoms with Crippen LogP contribution in [-0.4, -0.2) is 26.9 Å². The zero-order valence-electron chi connectivity index (χ0n) is 13.8. The number of hydrogen-bond donors (Lipinski definition) is 0. The van der Waals surface area contributed by atoms with E-state index < -0.39 is 5.76 Å². The van der Waals surface area contributed by atoms with E-state index in [0.717, 1.165) is 25.0 Å². The topological polar surface area (TPSA) is 68.3 Å². The summed E-state index contributed by atoms with van der Waals surface area (Å²) in [5.41, 5.74) is 2.05. The quantitative estimate of drug-likeness (QED) is 0.737. The standard InChI is InChI=1S/C19H19N3O3/c23-18(13-22-16-9-1-2-10-17(16)25-19(22)24)21-12-6-4-8-15(21)14-7-3-5-11-20-14/h1-3,5,7,9-11,15H,4,6,8,12-13H2/t15-/m1/s1. The molecule has 0 N–H and O–H groups in total. The second-order valence-electron chi connectivity index (χ2n) is 6.28. The third-order valence-corrected chi connectivity index (χ3v) is 4.72. The molecule has 3 aromatic rings. The lowest BCUT2D eigenvalue weighted by Crippen LogP contribution is -2.41. The number of likely N-dealkylation sites (tertiary alicyclic amines) is 1. The van der Waals surface area contributed by atoms with Crippen molar-refractivity contribution >= 4 is 17.0 Å². The molecular formula is C19H19N3O3. The van der Waals surface area contributed by atoms with Gasteiger partial charge < -0.3 is 9.32 Å². The number of para-hydroxylation sites is 2. The van der Waals surface area contributed by atoms with Gasteiger partial charge in [0.05, 0.1) is 17.3 Å². The van der Waals surface area contributed by atoms with Crippen molar-refractivity contribution in [1.29, 1.82) is 0 Å². The predicted octanol–water partition coefficient (Wildman–Crippen LogP) is 2.74. The first-order valence-corrected chi connectivity index (χ1v) is 8.53. The van der Waals surface area contributed by atoms with Crippen LogP contribution in [0.3, 0.4) is 0 Å². The number of piperidine rings is 1. The number of carbonyl (C=O) groups is 1. The predicted molar refractivity (Wildman–Crippen MR) is 93.0 cm³/mol.